The first kappa shape index (κ1) is 17.0. The molecular weight excluding hydrogens is 232 g/mol. The van der Waals surface area contributed by atoms with Crippen LogP contribution in [-0.2, 0) is 0 Å². The van der Waals surface area contributed by atoms with E-state index in [1.807, 2.05) is 0 Å². The molecule has 0 amide bonds. The zero-order valence-electron chi connectivity index (χ0n) is 14.2. The number of nitrogens with one attached hydrogen (secondary N) is 1. The number of hydrogen-bond donors (Lipinski definition) is 1. The second-order valence-corrected chi connectivity index (χ2v) is 7.42. The summed E-state index contributed by atoms with van der Waals surface area (Å²) in [5.41, 5.74) is 0.863. The maximum Gasteiger partial charge on any atom is 0.0362 e. The van der Waals surface area contributed by atoms with Gasteiger partial charge in [0.2, 0.25) is 0 Å². The van der Waals surface area contributed by atoms with Crippen LogP contribution in [0.15, 0.2) is 0 Å². The summed E-state index contributed by atoms with van der Waals surface area (Å²) in [5.74, 6) is 0. The maximum atomic E-state index is 3.66. The van der Waals surface area contributed by atoms with Gasteiger partial charge in [0, 0.05) is 11.6 Å². The molecule has 0 spiro atoms. The van der Waals surface area contributed by atoms with Gasteiger partial charge in [-0.2, -0.15) is 0 Å². The van der Waals surface area contributed by atoms with Crippen LogP contribution in [0, 0.1) is 5.41 Å². The van der Waals surface area contributed by atoms with E-state index < -0.39 is 0 Å². The van der Waals surface area contributed by atoms with Crippen molar-refractivity contribution in [1.82, 2.24) is 10.2 Å². The Bertz CT molecular complexity index is 244. The largest absolute Gasteiger partial charge is 0.315 e. The number of rotatable bonds is 7. The molecule has 0 heterocycles. The number of hydrogen-bond acceptors (Lipinski definition) is 2. The van der Waals surface area contributed by atoms with Crippen LogP contribution in [0.1, 0.15) is 73.1 Å². The molecule has 0 aromatic carbocycles. The third-order valence-corrected chi connectivity index (χ3v) is 5.04. The Morgan fingerprint density at radius 3 is 2.00 bits per heavy atom. The molecule has 1 rings (SSSR count). The van der Waals surface area contributed by atoms with Gasteiger partial charge in [-0.3, -0.25) is 4.90 Å². The van der Waals surface area contributed by atoms with Crippen LogP contribution in [0.25, 0.3) is 0 Å². The molecule has 1 saturated carbocycles. The summed E-state index contributed by atoms with van der Waals surface area (Å²) in [6.07, 6.45) is 8.18. The molecule has 19 heavy (non-hydrogen) atoms. The SMILES string of the molecule is CCN(CC)C1(C(CCC(C)(C)C)NC)CCCC1. The van der Waals surface area contributed by atoms with Crippen LogP contribution in [0.4, 0.5) is 0 Å². The van der Waals surface area contributed by atoms with Gasteiger partial charge in [0.1, 0.15) is 0 Å². The first-order valence-corrected chi connectivity index (χ1v) is 8.32. The molecule has 1 atom stereocenters. The molecule has 0 saturated heterocycles. The Hall–Kier alpha value is -0.0800. The molecule has 1 aliphatic carbocycles. The van der Waals surface area contributed by atoms with E-state index in [0.29, 0.717) is 17.0 Å². The van der Waals surface area contributed by atoms with Crippen molar-refractivity contribution in [1.29, 1.82) is 0 Å². The lowest BCUT2D eigenvalue weighted by molar-refractivity contribution is 0.0581. The molecule has 0 bridgehead atoms. The Labute approximate surface area is 121 Å². The van der Waals surface area contributed by atoms with Gasteiger partial charge in [-0.25, -0.2) is 0 Å². The van der Waals surface area contributed by atoms with Crippen molar-refractivity contribution in [2.45, 2.75) is 84.7 Å². The maximum absolute atomic E-state index is 3.66. The molecule has 1 unspecified atom stereocenters. The van der Waals surface area contributed by atoms with E-state index >= 15 is 0 Å². The normalized spacial score (nSPS) is 21.0. The number of nitrogens with zero attached hydrogens (tertiary/aromatic N) is 1. The number of likely N-dealkylation sites (N-methyl/N-ethyl adjacent to an activating group) is 2. The molecule has 114 valence electrons. The van der Waals surface area contributed by atoms with E-state index in [9.17, 15) is 0 Å². The minimum atomic E-state index is 0.420. The molecule has 2 heteroatoms. The van der Waals surface area contributed by atoms with Gasteiger partial charge in [-0.15, -0.1) is 0 Å². The van der Waals surface area contributed by atoms with E-state index in [1.54, 1.807) is 0 Å². The molecule has 0 radical (unpaired) electrons. The highest BCUT2D eigenvalue weighted by Crippen LogP contribution is 2.40. The second kappa shape index (κ2) is 7.08. The molecular formula is C17H36N2. The third kappa shape index (κ3) is 4.19. The van der Waals surface area contributed by atoms with E-state index in [1.165, 1.54) is 51.6 Å². The molecule has 0 aliphatic heterocycles. The molecule has 0 aromatic heterocycles. The fourth-order valence-corrected chi connectivity index (χ4v) is 3.98. The van der Waals surface area contributed by atoms with Crippen molar-refractivity contribution in [3.63, 3.8) is 0 Å². The van der Waals surface area contributed by atoms with Gasteiger partial charge in [-0.1, -0.05) is 47.5 Å². The van der Waals surface area contributed by atoms with Crippen molar-refractivity contribution in [2.75, 3.05) is 20.1 Å². The van der Waals surface area contributed by atoms with Crippen LogP contribution >= 0.6 is 0 Å². The Morgan fingerprint density at radius 1 is 1.11 bits per heavy atom. The standard InChI is InChI=1S/C17H36N2/c1-7-19(8-2)17(12-9-10-13-17)15(18-6)11-14-16(3,4)5/h15,18H,7-14H2,1-6H3. The van der Waals surface area contributed by atoms with Gasteiger partial charge < -0.3 is 5.32 Å². The summed E-state index contributed by atoms with van der Waals surface area (Å²) in [4.78, 5) is 2.73. The smallest absolute Gasteiger partial charge is 0.0362 e. The lowest BCUT2D eigenvalue weighted by atomic mass is 9.79. The predicted octanol–water partition coefficient (Wildman–Crippen LogP) is 4.06. The zero-order valence-corrected chi connectivity index (χ0v) is 14.2. The van der Waals surface area contributed by atoms with Gasteiger partial charge in [-0.05, 0) is 51.2 Å². The average molecular weight is 268 g/mol. The first-order valence-electron chi connectivity index (χ1n) is 8.32. The Balaban J connectivity index is 2.82. The fourth-order valence-electron chi connectivity index (χ4n) is 3.98. The minimum Gasteiger partial charge on any atom is -0.315 e. The van der Waals surface area contributed by atoms with Gasteiger partial charge in [0.25, 0.3) is 0 Å². The van der Waals surface area contributed by atoms with Crippen LogP contribution < -0.4 is 5.32 Å². The zero-order chi connectivity index (χ0) is 14.5. The summed E-state index contributed by atoms with van der Waals surface area (Å²) < 4.78 is 0. The van der Waals surface area contributed by atoms with E-state index in [0.717, 1.165) is 0 Å². The third-order valence-electron chi connectivity index (χ3n) is 5.04. The predicted molar refractivity (Wildman–Crippen MR) is 85.7 cm³/mol. The summed E-state index contributed by atoms with van der Waals surface area (Å²) in [5, 5.41) is 3.66. The highest BCUT2D eigenvalue weighted by molar-refractivity contribution is 5.03. The molecule has 0 aromatic rings. The van der Waals surface area contributed by atoms with Crippen LogP contribution in [0.3, 0.4) is 0 Å². The van der Waals surface area contributed by atoms with E-state index in [-0.39, 0.29) is 0 Å². The highest BCUT2D eigenvalue weighted by Gasteiger charge is 2.44. The monoisotopic (exact) mass is 268 g/mol. The van der Waals surface area contributed by atoms with Crippen molar-refractivity contribution in [3.8, 4) is 0 Å². The summed E-state index contributed by atoms with van der Waals surface area (Å²) in [6, 6.07) is 0.647. The van der Waals surface area contributed by atoms with Gasteiger partial charge >= 0.3 is 0 Å². The molecule has 1 aliphatic rings. The van der Waals surface area contributed by atoms with Gasteiger partial charge in [0.15, 0.2) is 0 Å². The van der Waals surface area contributed by atoms with E-state index in [2.05, 4.69) is 51.9 Å². The topological polar surface area (TPSA) is 15.3 Å². The van der Waals surface area contributed by atoms with Crippen molar-refractivity contribution >= 4 is 0 Å². The summed E-state index contributed by atoms with van der Waals surface area (Å²) >= 11 is 0. The van der Waals surface area contributed by atoms with Crippen molar-refractivity contribution < 1.29 is 0 Å². The van der Waals surface area contributed by atoms with Crippen molar-refractivity contribution in [3.05, 3.63) is 0 Å². The lowest BCUT2D eigenvalue weighted by Crippen LogP contribution is -2.59. The lowest BCUT2D eigenvalue weighted by Gasteiger charge is -2.47. The Kier molecular flexibility index (Phi) is 6.32. The van der Waals surface area contributed by atoms with Crippen LogP contribution in [0.2, 0.25) is 0 Å². The summed E-state index contributed by atoms with van der Waals surface area (Å²) in [7, 11) is 2.16. The summed E-state index contributed by atoms with van der Waals surface area (Å²) in [6.45, 7) is 14.1. The molecule has 2 nitrogen and oxygen atoms in total. The minimum absolute atomic E-state index is 0.420. The van der Waals surface area contributed by atoms with Gasteiger partial charge in [0.05, 0.1) is 0 Å². The highest BCUT2D eigenvalue weighted by atomic mass is 15.2. The average Bonchev–Trinajstić information content (AvgIpc) is 2.80. The van der Waals surface area contributed by atoms with Crippen LogP contribution in [0.5, 0.6) is 0 Å². The van der Waals surface area contributed by atoms with E-state index in [4.69, 9.17) is 0 Å². The molecule has 1 N–H and O–H groups in total. The van der Waals surface area contributed by atoms with Crippen molar-refractivity contribution in [2.24, 2.45) is 5.41 Å². The second-order valence-electron chi connectivity index (χ2n) is 7.42. The quantitative estimate of drug-likeness (QED) is 0.749. The first-order chi connectivity index (χ1) is 8.89. The fraction of sp³-hybridized carbons (Fsp3) is 1.00. The van der Waals surface area contributed by atoms with Crippen LogP contribution in [-0.4, -0.2) is 36.6 Å². The molecule has 1 fully saturated rings. The Morgan fingerprint density at radius 2 is 1.63 bits per heavy atom.